The Morgan fingerprint density at radius 1 is 1.04 bits per heavy atom. The molecule has 140 valence electrons. The van der Waals surface area contributed by atoms with Crippen LogP contribution in [0.2, 0.25) is 0 Å². The lowest BCUT2D eigenvalue weighted by Crippen LogP contribution is -2.48. The Kier molecular flexibility index (Phi) is 5.67. The SMILES string of the molecule is O=C(NCc1ccco1)C(=O)NNS(=O)(=O)c1ccc(C(F)(F)F)cc1. The minimum absolute atomic E-state index is 0.0924. The normalized spacial score (nSPS) is 11.8. The summed E-state index contributed by atoms with van der Waals surface area (Å²) in [6, 6.07) is 5.70. The molecule has 12 heteroatoms. The largest absolute Gasteiger partial charge is 0.467 e. The van der Waals surface area contributed by atoms with Gasteiger partial charge in [0.05, 0.1) is 23.3 Å². The zero-order chi connectivity index (χ0) is 19.4. The molecule has 0 aliphatic rings. The van der Waals surface area contributed by atoms with Gasteiger partial charge in [-0.05, 0) is 36.4 Å². The number of halogens is 3. The number of alkyl halides is 3. The van der Waals surface area contributed by atoms with Crippen LogP contribution in [0, 0.1) is 0 Å². The van der Waals surface area contributed by atoms with Crippen LogP contribution in [0.3, 0.4) is 0 Å². The first kappa shape index (κ1) is 19.5. The monoisotopic (exact) mass is 391 g/mol. The average molecular weight is 391 g/mol. The fourth-order valence-electron chi connectivity index (χ4n) is 1.71. The second-order valence-electron chi connectivity index (χ2n) is 4.84. The molecule has 1 aromatic carbocycles. The second kappa shape index (κ2) is 7.58. The highest BCUT2D eigenvalue weighted by atomic mass is 32.2. The Balaban J connectivity index is 1.92. The van der Waals surface area contributed by atoms with Gasteiger partial charge in [0.25, 0.3) is 10.0 Å². The maximum absolute atomic E-state index is 12.5. The van der Waals surface area contributed by atoms with Crippen LogP contribution in [0.15, 0.2) is 52.0 Å². The Morgan fingerprint density at radius 3 is 2.23 bits per heavy atom. The van der Waals surface area contributed by atoms with Gasteiger partial charge in [0.15, 0.2) is 0 Å². The number of carbonyl (C=O) groups excluding carboxylic acids is 2. The number of hydrogen-bond acceptors (Lipinski definition) is 5. The number of furan rings is 1. The van der Waals surface area contributed by atoms with Gasteiger partial charge in [0, 0.05) is 0 Å². The summed E-state index contributed by atoms with van der Waals surface area (Å²) in [7, 11) is -4.36. The number of nitrogens with one attached hydrogen (secondary N) is 3. The molecule has 1 aromatic heterocycles. The standard InChI is InChI=1S/C14H12F3N3O5S/c15-14(16,17)9-3-5-11(6-4-9)26(23,24)20-19-13(22)12(21)18-8-10-2-1-7-25-10/h1-7,20H,8H2,(H,18,21)(H,19,22). The Hall–Kier alpha value is -2.86. The number of hydrogen-bond donors (Lipinski definition) is 3. The van der Waals surface area contributed by atoms with Crippen molar-refractivity contribution < 1.29 is 35.6 Å². The van der Waals surface area contributed by atoms with Crippen LogP contribution in [-0.2, 0) is 32.3 Å². The van der Waals surface area contributed by atoms with Gasteiger partial charge in [0.1, 0.15) is 5.76 Å². The van der Waals surface area contributed by atoms with Crippen molar-refractivity contribution in [3.63, 3.8) is 0 Å². The van der Waals surface area contributed by atoms with Crippen molar-refractivity contribution >= 4 is 21.8 Å². The first-order valence-electron chi connectivity index (χ1n) is 6.89. The highest BCUT2D eigenvalue weighted by Gasteiger charge is 2.30. The third-order valence-corrected chi connectivity index (χ3v) is 4.26. The molecule has 0 saturated heterocycles. The van der Waals surface area contributed by atoms with Crippen molar-refractivity contribution in [2.24, 2.45) is 0 Å². The molecule has 8 nitrogen and oxygen atoms in total. The summed E-state index contributed by atoms with van der Waals surface area (Å²) >= 11 is 0. The van der Waals surface area contributed by atoms with Crippen LogP contribution >= 0.6 is 0 Å². The third kappa shape index (κ3) is 5.07. The van der Waals surface area contributed by atoms with Crippen LogP contribution in [-0.4, -0.2) is 20.2 Å². The molecule has 0 atom stereocenters. The van der Waals surface area contributed by atoms with Crippen LogP contribution < -0.4 is 15.6 Å². The Morgan fingerprint density at radius 2 is 1.69 bits per heavy atom. The molecular formula is C14H12F3N3O5S. The number of amides is 2. The van der Waals surface area contributed by atoms with Crippen molar-refractivity contribution in [3.05, 3.63) is 54.0 Å². The summed E-state index contributed by atoms with van der Waals surface area (Å²) < 4.78 is 66.1. The predicted octanol–water partition coefficient (Wildman–Crippen LogP) is 0.924. The van der Waals surface area contributed by atoms with E-state index in [2.05, 4.69) is 5.32 Å². The van der Waals surface area contributed by atoms with Gasteiger partial charge < -0.3 is 9.73 Å². The van der Waals surface area contributed by atoms with Crippen molar-refractivity contribution in [2.75, 3.05) is 0 Å². The van der Waals surface area contributed by atoms with Gasteiger partial charge in [-0.3, -0.25) is 15.0 Å². The zero-order valence-electron chi connectivity index (χ0n) is 12.8. The fourth-order valence-corrected chi connectivity index (χ4v) is 2.55. The molecule has 0 bridgehead atoms. The van der Waals surface area contributed by atoms with Crippen LogP contribution in [0.25, 0.3) is 0 Å². The van der Waals surface area contributed by atoms with E-state index in [0.717, 1.165) is 0 Å². The van der Waals surface area contributed by atoms with Gasteiger partial charge in [-0.25, -0.2) is 8.42 Å². The summed E-state index contributed by atoms with van der Waals surface area (Å²) in [6.07, 6.45) is -3.25. The number of benzene rings is 1. The molecule has 2 aromatic rings. The van der Waals surface area contributed by atoms with Gasteiger partial charge in [-0.15, -0.1) is 4.83 Å². The highest BCUT2D eigenvalue weighted by molar-refractivity contribution is 7.89. The van der Waals surface area contributed by atoms with Crippen molar-refractivity contribution in [2.45, 2.75) is 17.6 Å². The van der Waals surface area contributed by atoms with Crippen LogP contribution in [0.5, 0.6) is 0 Å². The summed E-state index contributed by atoms with van der Waals surface area (Å²) in [5.74, 6) is -2.08. The number of carbonyl (C=O) groups is 2. The molecule has 0 fully saturated rings. The van der Waals surface area contributed by atoms with E-state index in [0.29, 0.717) is 30.0 Å². The predicted molar refractivity (Wildman–Crippen MR) is 80.5 cm³/mol. The van der Waals surface area contributed by atoms with E-state index in [1.54, 1.807) is 22.4 Å². The third-order valence-electron chi connectivity index (χ3n) is 3.00. The lowest BCUT2D eigenvalue weighted by atomic mass is 10.2. The van der Waals surface area contributed by atoms with Gasteiger partial charge in [0.2, 0.25) is 0 Å². The molecule has 0 saturated carbocycles. The van der Waals surface area contributed by atoms with Crippen molar-refractivity contribution in [1.82, 2.24) is 15.6 Å². The molecule has 0 aliphatic carbocycles. The molecule has 0 aliphatic heterocycles. The van der Waals surface area contributed by atoms with E-state index in [4.69, 9.17) is 4.42 Å². The maximum Gasteiger partial charge on any atom is 0.416 e. The molecule has 2 amide bonds. The lowest BCUT2D eigenvalue weighted by Gasteiger charge is -2.10. The van der Waals surface area contributed by atoms with Gasteiger partial charge in [-0.2, -0.15) is 13.2 Å². The first-order chi connectivity index (χ1) is 12.1. The summed E-state index contributed by atoms with van der Waals surface area (Å²) in [4.78, 5) is 24.1. The van der Waals surface area contributed by atoms with E-state index < -0.39 is 38.5 Å². The number of rotatable bonds is 5. The average Bonchev–Trinajstić information content (AvgIpc) is 3.10. The molecule has 0 spiro atoms. The smallest absolute Gasteiger partial charge is 0.416 e. The summed E-state index contributed by atoms with van der Waals surface area (Å²) in [6.45, 7) is -0.0924. The highest BCUT2D eigenvalue weighted by Crippen LogP contribution is 2.29. The first-order valence-corrected chi connectivity index (χ1v) is 8.37. The van der Waals surface area contributed by atoms with E-state index in [9.17, 15) is 31.2 Å². The van der Waals surface area contributed by atoms with E-state index in [-0.39, 0.29) is 6.54 Å². The molecule has 1 heterocycles. The van der Waals surface area contributed by atoms with E-state index in [1.807, 2.05) is 0 Å². The Labute approximate surface area is 145 Å². The quantitative estimate of drug-likeness (QED) is 0.518. The zero-order valence-corrected chi connectivity index (χ0v) is 13.6. The summed E-state index contributed by atoms with van der Waals surface area (Å²) in [5.41, 5.74) is 0.625. The molecule has 3 N–H and O–H groups in total. The topological polar surface area (TPSA) is 118 Å². The van der Waals surface area contributed by atoms with Crippen LogP contribution in [0.4, 0.5) is 13.2 Å². The van der Waals surface area contributed by atoms with Crippen molar-refractivity contribution in [1.29, 1.82) is 0 Å². The minimum atomic E-state index is -4.62. The summed E-state index contributed by atoms with van der Waals surface area (Å²) in [5, 5.41) is 2.18. The number of hydrazine groups is 1. The van der Waals surface area contributed by atoms with Crippen molar-refractivity contribution in [3.8, 4) is 0 Å². The lowest BCUT2D eigenvalue weighted by molar-refractivity contribution is -0.139. The molecular weight excluding hydrogens is 379 g/mol. The molecule has 2 rings (SSSR count). The fraction of sp³-hybridized carbons (Fsp3) is 0.143. The van der Waals surface area contributed by atoms with Gasteiger partial charge >= 0.3 is 18.0 Å². The van der Waals surface area contributed by atoms with E-state index in [1.165, 1.54) is 6.26 Å². The molecule has 0 unspecified atom stereocenters. The number of sulfonamides is 1. The van der Waals surface area contributed by atoms with Gasteiger partial charge in [-0.1, -0.05) is 0 Å². The molecule has 26 heavy (non-hydrogen) atoms. The Bertz CT molecular complexity index is 878. The van der Waals surface area contributed by atoms with E-state index >= 15 is 0 Å². The second-order valence-corrected chi connectivity index (χ2v) is 6.53. The maximum atomic E-state index is 12.5. The van der Waals surface area contributed by atoms with Crippen LogP contribution in [0.1, 0.15) is 11.3 Å². The molecule has 0 radical (unpaired) electrons. The minimum Gasteiger partial charge on any atom is -0.467 e.